The van der Waals surface area contributed by atoms with E-state index in [1.165, 1.54) is 28.4 Å². The quantitative estimate of drug-likeness (QED) is 0.152. The number of benzene rings is 5. The number of thiazole rings is 2. The largest absolute Gasteiger partial charge is 0.479 e. The number of amides is 1. The van der Waals surface area contributed by atoms with Crippen LogP contribution in [-0.2, 0) is 9.59 Å². The monoisotopic (exact) mass is 691 g/mol. The van der Waals surface area contributed by atoms with Crippen LogP contribution in [0.2, 0.25) is 10.0 Å². The van der Waals surface area contributed by atoms with Gasteiger partial charge in [-0.1, -0.05) is 108 Å². The van der Waals surface area contributed by atoms with Gasteiger partial charge in [-0.25, -0.2) is 14.8 Å². The minimum Gasteiger partial charge on any atom is -0.479 e. The summed E-state index contributed by atoms with van der Waals surface area (Å²) in [6, 6.07) is 32.7. The Balaban J connectivity index is 1.43. The van der Waals surface area contributed by atoms with Crippen LogP contribution in [0.5, 0.6) is 0 Å². The van der Waals surface area contributed by atoms with Crippen LogP contribution in [0.1, 0.15) is 11.6 Å². The number of aliphatic carboxylic acids is 1. The molecule has 0 fully saturated rings. The van der Waals surface area contributed by atoms with Gasteiger partial charge in [0.05, 0.1) is 27.1 Å². The smallest absolute Gasteiger partial charge is 0.331 e. The summed E-state index contributed by atoms with van der Waals surface area (Å²) in [6.07, 6.45) is 0.536. The number of carbonyl (C=O) groups excluding carboxylic acids is 1. The van der Waals surface area contributed by atoms with Gasteiger partial charge in [-0.2, -0.15) is 0 Å². The summed E-state index contributed by atoms with van der Waals surface area (Å²) in [5, 5.41) is 18.1. The molecule has 0 aliphatic carbocycles. The zero-order valence-electron chi connectivity index (χ0n) is 24.4. The summed E-state index contributed by atoms with van der Waals surface area (Å²) in [6.45, 7) is 0. The molecule has 2 aromatic heterocycles. The molecule has 1 amide bonds. The molecule has 0 aliphatic heterocycles. The van der Waals surface area contributed by atoms with E-state index in [2.05, 4.69) is 0 Å². The molecule has 7 rings (SSSR count). The van der Waals surface area contributed by atoms with E-state index in [4.69, 9.17) is 33.2 Å². The van der Waals surface area contributed by atoms with E-state index < -0.39 is 12.0 Å². The van der Waals surface area contributed by atoms with Crippen LogP contribution in [-0.4, -0.2) is 27.5 Å². The average Bonchev–Trinajstić information content (AvgIpc) is 3.80. The molecule has 0 spiro atoms. The maximum Gasteiger partial charge on any atom is 0.331 e. The molecule has 10 heteroatoms. The predicted molar refractivity (Wildman–Crippen MR) is 192 cm³/mol. The van der Waals surface area contributed by atoms with Gasteiger partial charge in [-0.3, -0.25) is 9.69 Å². The van der Waals surface area contributed by atoms with Crippen molar-refractivity contribution in [3.8, 4) is 43.7 Å². The summed E-state index contributed by atoms with van der Waals surface area (Å²) in [4.78, 5) is 36.9. The maximum atomic E-state index is 12.9. The number of hydrogen-bond acceptors (Lipinski definition) is 6. The molecular formula is C37H23Cl2N3O3S2. The number of aromatic nitrogens is 2. The Morgan fingerprint density at radius 1 is 0.723 bits per heavy atom. The van der Waals surface area contributed by atoms with Crippen molar-refractivity contribution >= 4 is 74.7 Å². The fourth-order valence-corrected chi connectivity index (χ4v) is 7.55. The Kier molecular flexibility index (Phi) is 8.58. The number of carboxylic acids is 1. The highest BCUT2D eigenvalue weighted by Gasteiger charge is 2.31. The van der Waals surface area contributed by atoms with Crippen LogP contribution in [0.3, 0.4) is 0 Å². The molecule has 0 bridgehead atoms. The first kappa shape index (κ1) is 30.8. The molecule has 0 saturated heterocycles. The van der Waals surface area contributed by atoms with E-state index in [0.717, 1.165) is 43.9 Å². The zero-order valence-corrected chi connectivity index (χ0v) is 27.5. The number of fused-ring (bicyclic) bond motifs is 1. The number of carbonyl (C=O) groups is 2. The summed E-state index contributed by atoms with van der Waals surface area (Å²) in [5.41, 5.74) is 5.84. The molecule has 0 radical (unpaired) electrons. The van der Waals surface area contributed by atoms with Gasteiger partial charge < -0.3 is 5.11 Å². The average molecular weight is 693 g/mol. The highest BCUT2D eigenvalue weighted by molar-refractivity contribution is 7.14. The molecule has 47 heavy (non-hydrogen) atoms. The molecule has 0 saturated carbocycles. The normalized spacial score (nSPS) is 11.8. The minimum atomic E-state index is -1.39. The van der Waals surface area contributed by atoms with Gasteiger partial charge in [0.15, 0.2) is 6.04 Å². The van der Waals surface area contributed by atoms with Gasteiger partial charge in [0, 0.05) is 33.0 Å². The Labute approximate surface area is 288 Å². The van der Waals surface area contributed by atoms with Crippen LogP contribution in [0.4, 0.5) is 5.69 Å². The number of hydrogen-bond donors (Lipinski definition) is 1. The van der Waals surface area contributed by atoms with Crippen molar-refractivity contribution < 1.29 is 14.7 Å². The minimum absolute atomic E-state index is 0.190. The predicted octanol–water partition coefficient (Wildman–Crippen LogP) is 10.5. The van der Waals surface area contributed by atoms with Crippen molar-refractivity contribution in [3.05, 3.63) is 136 Å². The lowest BCUT2D eigenvalue weighted by molar-refractivity contribution is -0.139. The van der Waals surface area contributed by atoms with Gasteiger partial charge in [0.2, 0.25) is 6.41 Å². The van der Waals surface area contributed by atoms with Crippen molar-refractivity contribution in [1.82, 2.24) is 9.97 Å². The lowest BCUT2D eigenvalue weighted by atomic mass is 9.98. The van der Waals surface area contributed by atoms with Gasteiger partial charge in [0.25, 0.3) is 0 Å². The van der Waals surface area contributed by atoms with Gasteiger partial charge >= 0.3 is 5.97 Å². The molecule has 2 heterocycles. The van der Waals surface area contributed by atoms with Gasteiger partial charge in [-0.15, -0.1) is 22.7 Å². The van der Waals surface area contributed by atoms with Crippen LogP contribution in [0.15, 0.2) is 120 Å². The molecule has 1 unspecified atom stereocenters. The van der Waals surface area contributed by atoms with Crippen LogP contribution >= 0.6 is 45.9 Å². The van der Waals surface area contributed by atoms with Crippen molar-refractivity contribution in [2.75, 3.05) is 4.90 Å². The maximum absolute atomic E-state index is 12.9. The second-order valence-electron chi connectivity index (χ2n) is 10.6. The van der Waals surface area contributed by atoms with Crippen LogP contribution in [0, 0.1) is 0 Å². The molecule has 1 atom stereocenters. The van der Waals surface area contributed by atoms with Crippen LogP contribution in [0.25, 0.3) is 54.4 Å². The Hall–Kier alpha value is -4.86. The van der Waals surface area contributed by atoms with E-state index >= 15 is 0 Å². The van der Waals surface area contributed by atoms with Crippen molar-refractivity contribution in [2.24, 2.45) is 0 Å². The third kappa shape index (κ3) is 6.04. The molecule has 0 aliphatic rings. The number of rotatable bonds is 9. The zero-order chi connectivity index (χ0) is 32.5. The number of nitrogens with zero attached hydrogens (tertiary/aromatic N) is 3. The molecule has 1 N–H and O–H groups in total. The highest BCUT2D eigenvalue weighted by Crippen LogP contribution is 2.44. The van der Waals surface area contributed by atoms with E-state index in [9.17, 15) is 14.7 Å². The summed E-state index contributed by atoms with van der Waals surface area (Å²) in [5.74, 6) is -1.23. The topological polar surface area (TPSA) is 83.4 Å². The van der Waals surface area contributed by atoms with E-state index in [0.29, 0.717) is 28.2 Å². The molecule has 7 aromatic rings. The second-order valence-corrected chi connectivity index (χ2v) is 13.2. The second kappa shape index (κ2) is 13.1. The Bertz CT molecular complexity index is 2250. The molecule has 6 nitrogen and oxygen atoms in total. The van der Waals surface area contributed by atoms with Crippen molar-refractivity contribution in [3.63, 3.8) is 0 Å². The summed E-state index contributed by atoms with van der Waals surface area (Å²) >= 11 is 15.4. The van der Waals surface area contributed by atoms with E-state index in [-0.39, 0.29) is 10.0 Å². The Morgan fingerprint density at radius 3 is 1.96 bits per heavy atom. The molecular weight excluding hydrogens is 669 g/mol. The van der Waals surface area contributed by atoms with Crippen molar-refractivity contribution in [2.45, 2.75) is 6.04 Å². The fraction of sp³-hybridized carbons (Fsp3) is 0.0270. The highest BCUT2D eigenvalue weighted by atomic mass is 35.5. The number of anilines is 1. The lowest BCUT2D eigenvalue weighted by Crippen LogP contribution is -2.33. The summed E-state index contributed by atoms with van der Waals surface area (Å²) < 4.78 is 0. The van der Waals surface area contributed by atoms with Crippen LogP contribution < -0.4 is 4.90 Å². The third-order valence-corrected chi connectivity index (χ3v) is 10.3. The lowest BCUT2D eigenvalue weighted by Gasteiger charge is -2.28. The standard InChI is InChI=1S/C37H23Cl2N3O3S2/c38-28-15-13-25(18-29(28)39)34(37(44)45)42(21-43)32-16-14-22-11-12-26(35-40-30(19-46-35)23-7-3-1-4-8-23)17-27(22)33(32)36-41-31(20-47-36)24-9-5-2-6-10-24/h1-21,34H,(H,44,45). The molecule has 230 valence electrons. The first-order valence-corrected chi connectivity index (χ1v) is 16.9. The first-order valence-electron chi connectivity index (χ1n) is 14.4. The van der Waals surface area contributed by atoms with E-state index in [1.807, 2.05) is 95.7 Å². The first-order chi connectivity index (χ1) is 22.9. The SMILES string of the molecule is O=CN(c1ccc2ccc(-c3nc(-c4ccccc4)cs3)cc2c1-c1nc(-c2ccccc2)cs1)C(C(=O)O)c1ccc(Cl)c(Cl)c1. The number of carboxylic acid groups (broad SMARTS) is 1. The third-order valence-electron chi connectivity index (χ3n) is 7.77. The van der Waals surface area contributed by atoms with Gasteiger partial charge in [0.1, 0.15) is 10.0 Å². The van der Waals surface area contributed by atoms with E-state index in [1.54, 1.807) is 23.5 Å². The fourth-order valence-electron chi connectivity index (χ4n) is 5.52. The van der Waals surface area contributed by atoms with Gasteiger partial charge in [-0.05, 0) is 40.6 Å². The summed E-state index contributed by atoms with van der Waals surface area (Å²) in [7, 11) is 0. The van der Waals surface area contributed by atoms with Crippen molar-refractivity contribution in [1.29, 1.82) is 0 Å². The number of halogens is 2. The Morgan fingerprint density at radius 2 is 1.34 bits per heavy atom. The molecule has 5 aromatic carbocycles.